The Hall–Kier alpha value is -7.42. The number of hydrogen-bond donors (Lipinski definition) is 0. The van der Waals surface area contributed by atoms with Gasteiger partial charge in [-0.25, -0.2) is 0 Å². The molecule has 2 heteroatoms. The molecule has 0 heterocycles. The van der Waals surface area contributed by atoms with Crippen LogP contribution in [0.1, 0.15) is 48.3 Å². The normalized spacial score (nSPS) is 17.7. The Morgan fingerprint density at radius 2 is 1.23 bits per heavy atom. The first-order valence-corrected chi connectivity index (χ1v) is 22.7. The third-order valence-corrected chi connectivity index (χ3v) is 13.6. The van der Waals surface area contributed by atoms with Crippen LogP contribution in [0.15, 0.2) is 218 Å². The average Bonchev–Trinajstić information content (AvgIpc) is 3.37. The van der Waals surface area contributed by atoms with Crippen LogP contribution in [0.4, 0.5) is 0 Å². The fraction of sp³-hybridized carbons (Fsp3) is 0.129. The van der Waals surface area contributed by atoms with Crippen LogP contribution in [-0.2, 0) is 4.74 Å². The van der Waals surface area contributed by atoms with Crippen LogP contribution in [-0.4, -0.2) is 14.2 Å². The van der Waals surface area contributed by atoms with Crippen LogP contribution in [0.3, 0.4) is 0 Å². The first-order chi connectivity index (χ1) is 31.7. The van der Waals surface area contributed by atoms with Crippen molar-refractivity contribution >= 4 is 32.7 Å². The van der Waals surface area contributed by atoms with E-state index in [4.69, 9.17) is 9.47 Å². The Balaban J connectivity index is 1.09. The lowest BCUT2D eigenvalue weighted by Crippen LogP contribution is -2.09. The van der Waals surface area contributed by atoms with E-state index >= 15 is 0 Å². The minimum absolute atomic E-state index is 0.0262. The van der Waals surface area contributed by atoms with Crippen molar-refractivity contribution in [3.05, 3.63) is 234 Å². The summed E-state index contributed by atoms with van der Waals surface area (Å²) in [5, 5.41) is 5.14. The summed E-state index contributed by atoms with van der Waals surface area (Å²) in [5.74, 6) is 2.24. The van der Waals surface area contributed by atoms with Crippen molar-refractivity contribution in [1.82, 2.24) is 0 Å². The van der Waals surface area contributed by atoms with Crippen LogP contribution in [0.2, 0.25) is 0 Å². The van der Waals surface area contributed by atoms with Gasteiger partial charge in [-0.05, 0) is 150 Å². The lowest BCUT2D eigenvalue weighted by molar-refractivity contribution is 0.263. The second-order valence-electron chi connectivity index (χ2n) is 17.2. The third kappa shape index (κ3) is 7.10. The summed E-state index contributed by atoms with van der Waals surface area (Å²) >= 11 is 0. The number of fused-ring (bicyclic) bond motifs is 3. The molecule has 0 aliphatic heterocycles. The van der Waals surface area contributed by atoms with E-state index in [9.17, 15) is 0 Å². The topological polar surface area (TPSA) is 18.5 Å². The largest absolute Gasteiger partial charge is 0.500 e. The number of rotatable bonds is 9. The summed E-state index contributed by atoms with van der Waals surface area (Å²) in [6.07, 6.45) is 31.0. The van der Waals surface area contributed by atoms with Crippen molar-refractivity contribution in [2.75, 3.05) is 14.2 Å². The van der Waals surface area contributed by atoms with Gasteiger partial charge in [0.05, 0.1) is 14.2 Å². The summed E-state index contributed by atoms with van der Waals surface area (Å²) in [6.45, 7) is 0. The molecular weight excluding hydrogens is 777 g/mol. The zero-order chi connectivity index (χ0) is 43.0. The molecule has 4 aliphatic carbocycles. The molecule has 11 rings (SSSR count). The fourth-order valence-electron chi connectivity index (χ4n) is 10.6. The van der Waals surface area contributed by atoms with E-state index in [2.05, 4.69) is 206 Å². The number of hydrogen-bond acceptors (Lipinski definition) is 2. The van der Waals surface area contributed by atoms with Gasteiger partial charge in [0.1, 0.15) is 11.5 Å². The molecule has 0 radical (unpaired) electrons. The standard InChI is InChI=1S/C62H50O2/c1-63-58-29-14-12-23-50(58)56-39-49(40-57(51-24-13-15-30-59(51)64-2)62(56)47-22-16-21-46(37-47)41-17-4-3-5-18-41)43-31-34-44(35-32-43)60-52-25-8-10-27-54(52)61(55-28-11-9-26-53(55)60)48-36-33-42-19-6-7-20-45(42)38-48/h4,6-23,25-37,39-40,45,51H,3,5,24,38H2,1-2H3. The predicted molar refractivity (Wildman–Crippen MR) is 270 cm³/mol. The lowest BCUT2D eigenvalue weighted by atomic mass is 9.78. The molecule has 2 unspecified atom stereocenters. The van der Waals surface area contributed by atoms with Crippen LogP contribution >= 0.6 is 0 Å². The maximum atomic E-state index is 6.16. The predicted octanol–water partition coefficient (Wildman–Crippen LogP) is 16.4. The first-order valence-electron chi connectivity index (χ1n) is 22.7. The summed E-state index contributed by atoms with van der Waals surface area (Å²) in [7, 11) is 3.57. The van der Waals surface area contributed by atoms with Crippen molar-refractivity contribution in [3.63, 3.8) is 0 Å². The van der Waals surface area contributed by atoms with E-state index in [0.29, 0.717) is 5.92 Å². The molecule has 64 heavy (non-hydrogen) atoms. The van der Waals surface area contributed by atoms with Crippen molar-refractivity contribution in [2.45, 2.75) is 31.6 Å². The van der Waals surface area contributed by atoms with Gasteiger partial charge in [-0.3, -0.25) is 0 Å². The molecule has 0 amide bonds. The van der Waals surface area contributed by atoms with Crippen molar-refractivity contribution in [2.24, 2.45) is 5.92 Å². The van der Waals surface area contributed by atoms with Crippen LogP contribution < -0.4 is 4.74 Å². The third-order valence-electron chi connectivity index (χ3n) is 13.6. The Bertz CT molecular complexity index is 3170. The van der Waals surface area contributed by atoms with Crippen LogP contribution in [0.25, 0.3) is 77.2 Å². The molecule has 0 N–H and O–H groups in total. The maximum Gasteiger partial charge on any atom is 0.126 e. The second-order valence-corrected chi connectivity index (χ2v) is 17.2. The molecule has 7 aromatic rings. The molecular formula is C62H50O2. The Morgan fingerprint density at radius 1 is 0.500 bits per heavy atom. The van der Waals surface area contributed by atoms with Crippen molar-refractivity contribution in [3.8, 4) is 50.3 Å². The van der Waals surface area contributed by atoms with Gasteiger partial charge >= 0.3 is 0 Å². The highest BCUT2D eigenvalue weighted by molar-refractivity contribution is 6.19. The smallest absolute Gasteiger partial charge is 0.126 e. The van der Waals surface area contributed by atoms with Gasteiger partial charge in [0.15, 0.2) is 0 Å². The van der Waals surface area contributed by atoms with E-state index < -0.39 is 0 Å². The summed E-state index contributed by atoms with van der Waals surface area (Å²) in [4.78, 5) is 0. The van der Waals surface area contributed by atoms with E-state index in [1.54, 1.807) is 14.2 Å². The van der Waals surface area contributed by atoms with Crippen LogP contribution in [0.5, 0.6) is 5.75 Å². The van der Waals surface area contributed by atoms with Gasteiger partial charge < -0.3 is 9.47 Å². The Kier molecular flexibility index (Phi) is 10.5. The maximum absolute atomic E-state index is 6.16. The first kappa shape index (κ1) is 39.4. The molecule has 2 nitrogen and oxygen atoms in total. The van der Waals surface area contributed by atoms with Gasteiger partial charge in [-0.15, -0.1) is 0 Å². The molecule has 7 aromatic carbocycles. The van der Waals surface area contributed by atoms with Crippen molar-refractivity contribution < 1.29 is 9.47 Å². The highest BCUT2D eigenvalue weighted by Crippen LogP contribution is 2.49. The minimum Gasteiger partial charge on any atom is -0.500 e. The number of ether oxygens (including phenoxy) is 2. The highest BCUT2D eigenvalue weighted by Gasteiger charge is 2.28. The number of para-hydroxylation sites is 1. The molecule has 4 aliphatic rings. The Labute approximate surface area is 376 Å². The SMILES string of the molecule is COC1=CC=CCC1c1cc(-c2ccc(-c3c4ccccc4c(C4=CC=C5C=CC=CC5C4)c4ccccc34)cc2)cc(-c2ccccc2OC)c1-c1cccc(C2=CCCC=C2)c1. The van der Waals surface area contributed by atoms with Gasteiger partial charge in [-0.2, -0.15) is 0 Å². The quantitative estimate of drug-likeness (QED) is 0.135. The van der Waals surface area contributed by atoms with E-state index in [1.807, 2.05) is 0 Å². The summed E-state index contributed by atoms with van der Waals surface area (Å²) < 4.78 is 12.3. The highest BCUT2D eigenvalue weighted by atomic mass is 16.5. The molecule has 0 saturated carbocycles. The van der Waals surface area contributed by atoms with Crippen LogP contribution in [0, 0.1) is 5.92 Å². The van der Waals surface area contributed by atoms with E-state index in [-0.39, 0.29) is 5.92 Å². The van der Waals surface area contributed by atoms with Gasteiger partial charge in [0.25, 0.3) is 0 Å². The lowest BCUT2D eigenvalue weighted by Gasteiger charge is -2.27. The molecule has 0 aromatic heterocycles. The zero-order valence-electron chi connectivity index (χ0n) is 36.4. The van der Waals surface area contributed by atoms with Gasteiger partial charge in [-0.1, -0.05) is 176 Å². The minimum atomic E-state index is 0.0262. The monoisotopic (exact) mass is 826 g/mol. The van der Waals surface area contributed by atoms with Gasteiger partial charge in [0, 0.05) is 17.4 Å². The number of methoxy groups -OCH3 is 2. The molecule has 0 bridgehead atoms. The summed E-state index contributed by atoms with van der Waals surface area (Å²) in [6, 6.07) is 49.6. The average molecular weight is 827 g/mol. The Morgan fingerprint density at radius 3 is 1.98 bits per heavy atom. The molecule has 0 saturated heterocycles. The molecule has 0 spiro atoms. The zero-order valence-corrected chi connectivity index (χ0v) is 36.4. The second kappa shape index (κ2) is 17.0. The van der Waals surface area contributed by atoms with Crippen molar-refractivity contribution in [1.29, 1.82) is 0 Å². The molecule has 2 atom stereocenters. The van der Waals surface area contributed by atoms with E-state index in [0.717, 1.165) is 59.4 Å². The molecule has 310 valence electrons. The summed E-state index contributed by atoms with van der Waals surface area (Å²) in [5.41, 5.74) is 17.2. The van der Waals surface area contributed by atoms with E-state index in [1.165, 1.54) is 77.2 Å². The number of allylic oxidation sites excluding steroid dienone is 16. The number of benzene rings is 7. The fourth-order valence-corrected chi connectivity index (χ4v) is 10.6. The molecule has 0 fully saturated rings. The van der Waals surface area contributed by atoms with Gasteiger partial charge in [0.2, 0.25) is 0 Å².